The third kappa shape index (κ3) is 3.27. The number of benzene rings is 1. The zero-order chi connectivity index (χ0) is 14.9. The van der Waals surface area contributed by atoms with Crippen LogP contribution in [0.15, 0.2) is 18.2 Å². The van der Waals surface area contributed by atoms with Gasteiger partial charge in [0.15, 0.2) is 0 Å². The van der Waals surface area contributed by atoms with Crippen LogP contribution in [-0.2, 0) is 9.59 Å². The summed E-state index contributed by atoms with van der Waals surface area (Å²) in [7, 11) is 0. The van der Waals surface area contributed by atoms with Crippen molar-refractivity contribution < 1.29 is 9.59 Å². The molecule has 0 aliphatic carbocycles. The first-order chi connectivity index (χ1) is 9.36. The predicted octanol–water partition coefficient (Wildman–Crippen LogP) is 3.10. The lowest BCUT2D eigenvalue weighted by Crippen LogP contribution is -2.45. The molecule has 3 heteroatoms. The summed E-state index contributed by atoms with van der Waals surface area (Å²) >= 11 is 0. The second kappa shape index (κ2) is 5.78. The lowest BCUT2D eigenvalue weighted by atomic mass is 9.76. The first kappa shape index (κ1) is 14.8. The zero-order valence-electron chi connectivity index (χ0n) is 12.7. The molecular formula is C17H23NO2. The maximum absolute atomic E-state index is 12.2. The van der Waals surface area contributed by atoms with Crippen molar-refractivity contribution >= 4 is 11.8 Å². The Morgan fingerprint density at radius 3 is 2.30 bits per heavy atom. The summed E-state index contributed by atoms with van der Waals surface area (Å²) in [5, 5.41) is 2.49. The summed E-state index contributed by atoms with van der Waals surface area (Å²) in [4.78, 5) is 23.9. The second-order valence-corrected chi connectivity index (χ2v) is 6.38. The fraction of sp³-hybridized carbons (Fsp3) is 0.529. The number of carbonyl (C=O) groups is 2. The SMILES string of the molecule is Cc1cc(C)cc(C2CC(=O)NC(=O)C2CC(C)C)c1. The summed E-state index contributed by atoms with van der Waals surface area (Å²) in [6.45, 7) is 8.34. The molecule has 2 rings (SSSR count). The Hall–Kier alpha value is -1.64. The Morgan fingerprint density at radius 1 is 1.15 bits per heavy atom. The van der Waals surface area contributed by atoms with E-state index in [1.807, 2.05) is 0 Å². The van der Waals surface area contributed by atoms with E-state index in [0.29, 0.717) is 12.3 Å². The van der Waals surface area contributed by atoms with E-state index in [2.05, 4.69) is 51.2 Å². The van der Waals surface area contributed by atoms with Crippen molar-refractivity contribution in [3.63, 3.8) is 0 Å². The lowest BCUT2D eigenvalue weighted by Gasteiger charge is -2.32. The largest absolute Gasteiger partial charge is 0.296 e. The number of nitrogens with one attached hydrogen (secondary N) is 1. The second-order valence-electron chi connectivity index (χ2n) is 6.38. The summed E-state index contributed by atoms with van der Waals surface area (Å²) in [5.74, 6) is 0.0804. The van der Waals surface area contributed by atoms with Crippen LogP contribution in [0.25, 0.3) is 0 Å². The van der Waals surface area contributed by atoms with E-state index < -0.39 is 0 Å². The van der Waals surface area contributed by atoms with Crippen molar-refractivity contribution in [2.45, 2.75) is 46.5 Å². The molecule has 1 aliphatic heterocycles. The van der Waals surface area contributed by atoms with Crippen molar-refractivity contribution in [2.24, 2.45) is 11.8 Å². The molecule has 0 aromatic heterocycles. The fourth-order valence-corrected chi connectivity index (χ4v) is 3.16. The number of hydrogen-bond donors (Lipinski definition) is 1. The van der Waals surface area contributed by atoms with Gasteiger partial charge in [0.25, 0.3) is 0 Å². The Morgan fingerprint density at radius 2 is 1.75 bits per heavy atom. The smallest absolute Gasteiger partial charge is 0.230 e. The molecule has 108 valence electrons. The third-order valence-corrected chi connectivity index (χ3v) is 3.89. The summed E-state index contributed by atoms with van der Waals surface area (Å²) in [6.07, 6.45) is 1.22. The Bertz CT molecular complexity index is 514. The van der Waals surface area contributed by atoms with E-state index in [1.165, 1.54) is 11.1 Å². The van der Waals surface area contributed by atoms with Crippen LogP contribution in [-0.4, -0.2) is 11.8 Å². The van der Waals surface area contributed by atoms with Crippen LogP contribution in [0.5, 0.6) is 0 Å². The number of carbonyl (C=O) groups excluding carboxylic acids is 2. The van der Waals surface area contributed by atoms with Gasteiger partial charge in [-0.2, -0.15) is 0 Å². The molecular weight excluding hydrogens is 250 g/mol. The fourth-order valence-electron chi connectivity index (χ4n) is 3.16. The van der Waals surface area contributed by atoms with Crippen molar-refractivity contribution in [3.05, 3.63) is 34.9 Å². The van der Waals surface area contributed by atoms with E-state index in [-0.39, 0.29) is 23.7 Å². The van der Waals surface area contributed by atoms with E-state index in [0.717, 1.165) is 12.0 Å². The zero-order valence-corrected chi connectivity index (χ0v) is 12.7. The molecule has 3 nitrogen and oxygen atoms in total. The molecule has 1 aromatic carbocycles. The quantitative estimate of drug-likeness (QED) is 0.860. The summed E-state index contributed by atoms with van der Waals surface area (Å²) in [5.41, 5.74) is 3.49. The van der Waals surface area contributed by atoms with Gasteiger partial charge in [-0.1, -0.05) is 43.2 Å². The van der Waals surface area contributed by atoms with Crippen LogP contribution in [0.2, 0.25) is 0 Å². The van der Waals surface area contributed by atoms with Gasteiger partial charge in [-0.3, -0.25) is 14.9 Å². The highest BCUT2D eigenvalue weighted by Gasteiger charge is 2.37. The van der Waals surface area contributed by atoms with Crippen LogP contribution in [0, 0.1) is 25.7 Å². The average Bonchev–Trinajstić information content (AvgIpc) is 2.30. The van der Waals surface area contributed by atoms with Crippen LogP contribution in [0.1, 0.15) is 49.3 Å². The van der Waals surface area contributed by atoms with Gasteiger partial charge in [0.05, 0.1) is 0 Å². The van der Waals surface area contributed by atoms with Gasteiger partial charge < -0.3 is 0 Å². The minimum atomic E-state index is -0.154. The van der Waals surface area contributed by atoms with E-state index >= 15 is 0 Å². The molecule has 1 fully saturated rings. The minimum absolute atomic E-state index is 0.0113. The predicted molar refractivity (Wildman–Crippen MR) is 79.4 cm³/mol. The van der Waals surface area contributed by atoms with E-state index in [1.54, 1.807) is 0 Å². The van der Waals surface area contributed by atoms with Gasteiger partial charge in [-0.05, 0) is 31.7 Å². The number of hydrogen-bond acceptors (Lipinski definition) is 2. The Labute approximate surface area is 120 Å². The highest BCUT2D eigenvalue weighted by atomic mass is 16.2. The van der Waals surface area contributed by atoms with Gasteiger partial charge in [0.1, 0.15) is 0 Å². The van der Waals surface area contributed by atoms with E-state index in [4.69, 9.17) is 0 Å². The molecule has 0 bridgehead atoms. The molecule has 1 aromatic rings. The molecule has 0 saturated carbocycles. The van der Waals surface area contributed by atoms with Crippen molar-refractivity contribution in [1.29, 1.82) is 0 Å². The lowest BCUT2D eigenvalue weighted by molar-refractivity contribution is -0.137. The van der Waals surface area contributed by atoms with Gasteiger partial charge in [0, 0.05) is 18.3 Å². The third-order valence-electron chi connectivity index (χ3n) is 3.89. The number of imide groups is 1. The van der Waals surface area contributed by atoms with Crippen molar-refractivity contribution in [3.8, 4) is 0 Å². The molecule has 1 saturated heterocycles. The Balaban J connectivity index is 2.37. The summed E-state index contributed by atoms with van der Waals surface area (Å²) < 4.78 is 0. The van der Waals surface area contributed by atoms with Gasteiger partial charge in [0.2, 0.25) is 11.8 Å². The number of aryl methyl sites for hydroxylation is 2. The number of rotatable bonds is 3. The van der Waals surface area contributed by atoms with E-state index in [9.17, 15) is 9.59 Å². The van der Waals surface area contributed by atoms with Crippen molar-refractivity contribution in [1.82, 2.24) is 5.32 Å². The molecule has 0 spiro atoms. The van der Waals surface area contributed by atoms with Crippen LogP contribution in [0.3, 0.4) is 0 Å². The van der Waals surface area contributed by atoms with Crippen LogP contribution < -0.4 is 5.32 Å². The Kier molecular flexibility index (Phi) is 4.26. The first-order valence-corrected chi connectivity index (χ1v) is 7.28. The molecule has 2 atom stereocenters. The molecule has 2 unspecified atom stereocenters. The standard InChI is InChI=1S/C17H23NO2/c1-10(2)5-15-14(9-16(19)18-17(15)20)13-7-11(3)6-12(4)8-13/h6-8,10,14-15H,5,9H2,1-4H3,(H,18,19,20). The maximum Gasteiger partial charge on any atom is 0.230 e. The van der Waals surface area contributed by atoms with Gasteiger partial charge in [-0.15, -0.1) is 0 Å². The molecule has 1 N–H and O–H groups in total. The number of piperidine rings is 1. The highest BCUT2D eigenvalue weighted by Crippen LogP contribution is 2.36. The highest BCUT2D eigenvalue weighted by molar-refractivity contribution is 5.99. The topological polar surface area (TPSA) is 46.2 Å². The van der Waals surface area contributed by atoms with Crippen LogP contribution in [0.4, 0.5) is 0 Å². The molecule has 2 amide bonds. The minimum Gasteiger partial charge on any atom is -0.296 e. The van der Waals surface area contributed by atoms with Gasteiger partial charge in [-0.25, -0.2) is 0 Å². The molecule has 0 radical (unpaired) electrons. The van der Waals surface area contributed by atoms with Gasteiger partial charge >= 0.3 is 0 Å². The molecule has 1 aliphatic rings. The average molecular weight is 273 g/mol. The molecule has 20 heavy (non-hydrogen) atoms. The monoisotopic (exact) mass is 273 g/mol. The maximum atomic E-state index is 12.2. The summed E-state index contributed by atoms with van der Waals surface area (Å²) in [6, 6.07) is 6.33. The van der Waals surface area contributed by atoms with Crippen molar-refractivity contribution in [2.75, 3.05) is 0 Å². The normalized spacial score (nSPS) is 23.1. The number of amides is 2. The molecule has 1 heterocycles. The first-order valence-electron chi connectivity index (χ1n) is 7.28. The van der Waals surface area contributed by atoms with Crippen LogP contribution >= 0.6 is 0 Å².